The van der Waals surface area contributed by atoms with Crippen LogP contribution in [0.3, 0.4) is 0 Å². The summed E-state index contributed by atoms with van der Waals surface area (Å²) in [6.45, 7) is 1.62. The minimum atomic E-state index is -4.35. The van der Waals surface area contributed by atoms with E-state index in [0.717, 1.165) is 56.1 Å². The SMILES string of the molecule is COc1ccccc1C(CNS(=O)(=O)c1c(F)cccc1F)N1CCCCC1. The maximum atomic E-state index is 14.0. The van der Waals surface area contributed by atoms with Gasteiger partial charge in [-0.1, -0.05) is 30.7 Å². The van der Waals surface area contributed by atoms with Gasteiger partial charge >= 0.3 is 0 Å². The third-order valence-electron chi connectivity index (χ3n) is 4.98. The highest BCUT2D eigenvalue weighted by atomic mass is 32.2. The Kier molecular flexibility index (Phi) is 6.64. The first-order valence-electron chi connectivity index (χ1n) is 9.24. The van der Waals surface area contributed by atoms with Gasteiger partial charge in [-0.2, -0.15) is 0 Å². The number of hydrogen-bond acceptors (Lipinski definition) is 4. The highest BCUT2D eigenvalue weighted by Crippen LogP contribution is 2.31. The van der Waals surface area contributed by atoms with Gasteiger partial charge < -0.3 is 4.74 Å². The largest absolute Gasteiger partial charge is 0.496 e. The Hall–Kier alpha value is -2.03. The van der Waals surface area contributed by atoms with Crippen LogP contribution in [0.15, 0.2) is 47.4 Å². The van der Waals surface area contributed by atoms with Gasteiger partial charge in [-0.25, -0.2) is 21.9 Å². The molecule has 152 valence electrons. The molecule has 1 atom stereocenters. The average Bonchev–Trinajstić information content (AvgIpc) is 2.69. The van der Waals surface area contributed by atoms with E-state index in [1.807, 2.05) is 24.3 Å². The van der Waals surface area contributed by atoms with Crippen LogP contribution in [0.5, 0.6) is 5.75 Å². The number of ether oxygens (including phenoxy) is 1. The summed E-state index contributed by atoms with van der Waals surface area (Å²) in [6, 6.07) is 10.1. The molecule has 0 bridgehead atoms. The lowest BCUT2D eigenvalue weighted by Crippen LogP contribution is -2.41. The van der Waals surface area contributed by atoms with Crippen molar-refractivity contribution in [3.05, 3.63) is 59.7 Å². The fraction of sp³-hybridized carbons (Fsp3) is 0.400. The summed E-state index contributed by atoms with van der Waals surface area (Å²) in [5.41, 5.74) is 0.837. The number of sulfonamides is 1. The second kappa shape index (κ2) is 8.98. The predicted molar refractivity (Wildman–Crippen MR) is 103 cm³/mol. The van der Waals surface area contributed by atoms with Gasteiger partial charge in [0.15, 0.2) is 4.90 Å². The van der Waals surface area contributed by atoms with Gasteiger partial charge in [0.05, 0.1) is 13.2 Å². The number of rotatable bonds is 7. The van der Waals surface area contributed by atoms with E-state index in [9.17, 15) is 17.2 Å². The lowest BCUT2D eigenvalue weighted by Gasteiger charge is -2.35. The number of benzene rings is 2. The molecule has 0 aliphatic carbocycles. The molecule has 0 saturated carbocycles. The Morgan fingerprint density at radius 3 is 2.32 bits per heavy atom. The maximum Gasteiger partial charge on any atom is 0.246 e. The van der Waals surface area contributed by atoms with Crippen LogP contribution in [-0.4, -0.2) is 40.1 Å². The summed E-state index contributed by atoms with van der Waals surface area (Å²) >= 11 is 0. The van der Waals surface area contributed by atoms with E-state index in [1.165, 1.54) is 0 Å². The Labute approximate surface area is 164 Å². The summed E-state index contributed by atoms with van der Waals surface area (Å²) < 4.78 is 61.0. The first-order valence-corrected chi connectivity index (χ1v) is 10.7. The smallest absolute Gasteiger partial charge is 0.246 e. The van der Waals surface area contributed by atoms with Gasteiger partial charge in [-0.05, 0) is 44.1 Å². The van der Waals surface area contributed by atoms with E-state index in [2.05, 4.69) is 9.62 Å². The molecule has 1 unspecified atom stereocenters. The third-order valence-corrected chi connectivity index (χ3v) is 6.46. The van der Waals surface area contributed by atoms with Crippen LogP contribution in [0.25, 0.3) is 0 Å². The second-order valence-corrected chi connectivity index (χ2v) is 8.46. The summed E-state index contributed by atoms with van der Waals surface area (Å²) in [7, 11) is -2.79. The topological polar surface area (TPSA) is 58.6 Å². The molecule has 0 spiro atoms. The molecular weight excluding hydrogens is 386 g/mol. The molecule has 1 fully saturated rings. The maximum absolute atomic E-state index is 14.0. The minimum absolute atomic E-state index is 0.0174. The van der Waals surface area contributed by atoms with Crippen molar-refractivity contribution in [3.63, 3.8) is 0 Å². The van der Waals surface area contributed by atoms with Gasteiger partial charge in [-0.15, -0.1) is 0 Å². The summed E-state index contributed by atoms with van der Waals surface area (Å²) in [4.78, 5) is 1.23. The Morgan fingerprint density at radius 1 is 1.04 bits per heavy atom. The van der Waals surface area contributed by atoms with E-state index in [4.69, 9.17) is 4.74 Å². The zero-order chi connectivity index (χ0) is 20.1. The quantitative estimate of drug-likeness (QED) is 0.759. The molecule has 1 N–H and O–H groups in total. The molecule has 0 radical (unpaired) electrons. The Balaban J connectivity index is 1.89. The molecule has 0 amide bonds. The molecule has 0 aromatic heterocycles. The first kappa shape index (κ1) is 20.7. The molecule has 8 heteroatoms. The van der Waals surface area contributed by atoms with E-state index in [-0.39, 0.29) is 12.6 Å². The number of nitrogens with one attached hydrogen (secondary N) is 1. The van der Waals surface area contributed by atoms with Crippen molar-refractivity contribution in [1.29, 1.82) is 0 Å². The Morgan fingerprint density at radius 2 is 1.68 bits per heavy atom. The van der Waals surface area contributed by atoms with Crippen LogP contribution in [-0.2, 0) is 10.0 Å². The molecule has 1 aliphatic rings. The molecule has 3 rings (SSSR count). The number of halogens is 2. The number of hydrogen-bond donors (Lipinski definition) is 1. The predicted octanol–water partition coefficient (Wildman–Crippen LogP) is 3.48. The van der Waals surface area contributed by atoms with E-state index >= 15 is 0 Å². The molecule has 1 saturated heterocycles. The van der Waals surface area contributed by atoms with Crippen LogP contribution in [0.1, 0.15) is 30.9 Å². The first-order chi connectivity index (χ1) is 13.4. The standard InChI is InChI=1S/C20H24F2N2O3S/c1-27-19-11-4-3-8-15(19)18(24-12-5-2-6-13-24)14-23-28(25,26)20-16(21)9-7-10-17(20)22/h3-4,7-11,18,23H,2,5-6,12-14H2,1H3. The molecule has 2 aromatic rings. The van der Waals surface area contributed by atoms with Gasteiger partial charge in [0, 0.05) is 12.1 Å². The molecular formula is C20H24F2N2O3S. The average molecular weight is 410 g/mol. The van der Waals surface area contributed by atoms with Gasteiger partial charge in [0.25, 0.3) is 0 Å². The molecule has 1 heterocycles. The number of nitrogens with zero attached hydrogens (tertiary/aromatic N) is 1. The normalized spacial score (nSPS) is 16.7. The molecule has 28 heavy (non-hydrogen) atoms. The highest BCUT2D eigenvalue weighted by molar-refractivity contribution is 7.89. The van der Waals surface area contributed by atoms with Crippen molar-refractivity contribution in [2.75, 3.05) is 26.7 Å². The summed E-state index contributed by atoms with van der Waals surface area (Å²) in [5, 5.41) is 0. The lowest BCUT2D eigenvalue weighted by molar-refractivity contribution is 0.162. The van der Waals surface area contributed by atoms with Crippen LogP contribution in [0, 0.1) is 11.6 Å². The summed E-state index contributed by atoms with van der Waals surface area (Å²) in [5.74, 6) is -1.58. The molecule has 5 nitrogen and oxygen atoms in total. The van der Waals surface area contributed by atoms with Crippen molar-refractivity contribution in [2.45, 2.75) is 30.2 Å². The van der Waals surface area contributed by atoms with Crippen molar-refractivity contribution in [2.24, 2.45) is 0 Å². The number of likely N-dealkylation sites (tertiary alicyclic amines) is 1. The van der Waals surface area contributed by atoms with Crippen LogP contribution < -0.4 is 9.46 Å². The van der Waals surface area contributed by atoms with E-state index < -0.39 is 26.6 Å². The summed E-state index contributed by atoms with van der Waals surface area (Å²) in [6.07, 6.45) is 3.15. The van der Waals surface area contributed by atoms with Crippen LogP contribution in [0.4, 0.5) is 8.78 Å². The lowest BCUT2D eigenvalue weighted by atomic mass is 10.0. The number of methoxy groups -OCH3 is 1. The van der Waals surface area contributed by atoms with Crippen molar-refractivity contribution in [1.82, 2.24) is 9.62 Å². The van der Waals surface area contributed by atoms with E-state index in [0.29, 0.717) is 5.75 Å². The molecule has 1 aliphatic heterocycles. The monoisotopic (exact) mass is 410 g/mol. The van der Waals surface area contributed by atoms with Crippen molar-refractivity contribution < 1.29 is 21.9 Å². The second-order valence-electron chi connectivity index (χ2n) is 6.76. The van der Waals surface area contributed by atoms with Gasteiger partial charge in [-0.3, -0.25) is 4.90 Å². The van der Waals surface area contributed by atoms with Crippen molar-refractivity contribution in [3.8, 4) is 5.75 Å². The minimum Gasteiger partial charge on any atom is -0.496 e. The fourth-order valence-corrected chi connectivity index (χ4v) is 4.78. The van der Waals surface area contributed by atoms with Crippen molar-refractivity contribution >= 4 is 10.0 Å². The van der Waals surface area contributed by atoms with Gasteiger partial charge in [0.2, 0.25) is 10.0 Å². The van der Waals surface area contributed by atoms with Crippen LogP contribution in [0.2, 0.25) is 0 Å². The highest BCUT2D eigenvalue weighted by Gasteiger charge is 2.29. The Bertz CT molecular complexity index is 895. The third kappa shape index (κ3) is 4.51. The number of piperidine rings is 1. The zero-order valence-electron chi connectivity index (χ0n) is 15.7. The van der Waals surface area contributed by atoms with E-state index in [1.54, 1.807) is 7.11 Å². The number of para-hydroxylation sites is 1. The molecule has 2 aromatic carbocycles. The fourth-order valence-electron chi connectivity index (χ4n) is 3.61. The zero-order valence-corrected chi connectivity index (χ0v) is 16.5. The van der Waals surface area contributed by atoms with Gasteiger partial charge in [0.1, 0.15) is 17.4 Å². The van der Waals surface area contributed by atoms with Crippen LogP contribution >= 0.6 is 0 Å².